The van der Waals surface area contributed by atoms with Crippen molar-refractivity contribution in [3.8, 4) is 0 Å². The van der Waals surface area contributed by atoms with Gasteiger partial charge >= 0.3 is 0 Å². The number of nitrogens with zero attached hydrogens (tertiary/aromatic N) is 1. The number of halogens is 1. The number of alkyl halides is 1. The van der Waals surface area contributed by atoms with Crippen LogP contribution in [0, 0.1) is 5.92 Å². The van der Waals surface area contributed by atoms with E-state index in [1.807, 2.05) is 0 Å². The van der Waals surface area contributed by atoms with E-state index >= 15 is 0 Å². The van der Waals surface area contributed by atoms with E-state index in [0.29, 0.717) is 6.42 Å². The lowest BCUT2D eigenvalue weighted by Crippen LogP contribution is -2.21. The molecule has 0 spiro atoms. The van der Waals surface area contributed by atoms with Crippen molar-refractivity contribution in [2.24, 2.45) is 5.92 Å². The van der Waals surface area contributed by atoms with Crippen LogP contribution in [-0.2, 0) is 0 Å². The second-order valence-electron chi connectivity index (χ2n) is 3.24. The summed E-state index contributed by atoms with van der Waals surface area (Å²) in [6.07, 6.45) is 2.01. The summed E-state index contributed by atoms with van der Waals surface area (Å²) >= 11 is 0. The molecule has 1 aliphatic heterocycles. The molecule has 0 N–H and O–H groups in total. The second kappa shape index (κ2) is 3.91. The van der Waals surface area contributed by atoms with Gasteiger partial charge in [-0.3, -0.25) is 4.39 Å². The zero-order valence-corrected chi connectivity index (χ0v) is 6.65. The van der Waals surface area contributed by atoms with Crippen LogP contribution in [0.2, 0.25) is 0 Å². The molecule has 10 heavy (non-hydrogen) atoms. The first-order valence-corrected chi connectivity index (χ1v) is 4.11. The predicted molar refractivity (Wildman–Crippen MR) is 40.8 cm³/mol. The lowest BCUT2D eigenvalue weighted by atomic mass is 10.2. The Morgan fingerprint density at radius 3 is 2.90 bits per heavy atom. The summed E-state index contributed by atoms with van der Waals surface area (Å²) in [5.74, 6) is 0.833. The molecule has 0 unspecified atom stereocenters. The minimum Gasteiger partial charge on any atom is -0.303 e. The van der Waals surface area contributed by atoms with Crippen molar-refractivity contribution in [3.05, 3.63) is 0 Å². The summed E-state index contributed by atoms with van der Waals surface area (Å²) in [5, 5.41) is 0. The van der Waals surface area contributed by atoms with Gasteiger partial charge in [0.05, 0.1) is 6.67 Å². The predicted octanol–water partition coefficient (Wildman–Crippen LogP) is 1.69. The van der Waals surface area contributed by atoms with Gasteiger partial charge in [0.1, 0.15) is 0 Å². The molecule has 0 aromatic rings. The first kappa shape index (κ1) is 7.99. The summed E-state index contributed by atoms with van der Waals surface area (Å²) in [6, 6.07) is 0. The van der Waals surface area contributed by atoms with Crippen molar-refractivity contribution in [2.45, 2.75) is 19.8 Å². The topological polar surface area (TPSA) is 3.24 Å². The molecule has 0 amide bonds. The van der Waals surface area contributed by atoms with E-state index in [0.717, 1.165) is 12.5 Å². The zero-order valence-electron chi connectivity index (χ0n) is 6.65. The van der Waals surface area contributed by atoms with Gasteiger partial charge in [-0.1, -0.05) is 6.92 Å². The third kappa shape index (κ3) is 2.25. The fourth-order valence-corrected chi connectivity index (χ4v) is 1.51. The highest BCUT2D eigenvalue weighted by Gasteiger charge is 2.17. The molecular weight excluding hydrogens is 129 g/mol. The molecule has 1 aliphatic rings. The molecule has 0 aromatic carbocycles. The average molecular weight is 145 g/mol. The maximum Gasteiger partial charge on any atom is 0.0906 e. The van der Waals surface area contributed by atoms with Gasteiger partial charge in [0.15, 0.2) is 0 Å². The summed E-state index contributed by atoms with van der Waals surface area (Å²) in [7, 11) is 0. The Kier molecular flexibility index (Phi) is 3.13. The van der Waals surface area contributed by atoms with Gasteiger partial charge in [-0.05, 0) is 25.3 Å². The van der Waals surface area contributed by atoms with E-state index in [1.54, 1.807) is 0 Å². The standard InChI is InChI=1S/C8H16FN/c1-8-3-6-10(7-8)5-2-4-9/h8H,2-7H2,1H3/t8-/m0/s1. The molecule has 60 valence electrons. The molecule has 1 rings (SSSR count). The molecule has 1 fully saturated rings. The molecule has 0 bridgehead atoms. The molecule has 0 radical (unpaired) electrons. The fourth-order valence-electron chi connectivity index (χ4n) is 1.51. The van der Waals surface area contributed by atoms with Crippen molar-refractivity contribution in [3.63, 3.8) is 0 Å². The first-order valence-electron chi connectivity index (χ1n) is 4.11. The molecule has 0 aromatic heterocycles. The minimum absolute atomic E-state index is 0.162. The highest BCUT2D eigenvalue weighted by atomic mass is 19.1. The van der Waals surface area contributed by atoms with Crippen molar-refractivity contribution in [1.29, 1.82) is 0 Å². The zero-order chi connectivity index (χ0) is 7.40. The molecule has 1 heterocycles. The molecule has 0 aliphatic carbocycles. The first-order chi connectivity index (χ1) is 4.83. The average Bonchev–Trinajstić information content (AvgIpc) is 2.31. The Morgan fingerprint density at radius 1 is 1.60 bits per heavy atom. The maximum absolute atomic E-state index is 11.7. The Morgan fingerprint density at radius 2 is 2.40 bits per heavy atom. The van der Waals surface area contributed by atoms with E-state index in [4.69, 9.17) is 0 Å². The Bertz CT molecular complexity index is 95.3. The van der Waals surface area contributed by atoms with Crippen LogP contribution in [0.5, 0.6) is 0 Å². The molecule has 2 heteroatoms. The Labute approximate surface area is 62.2 Å². The summed E-state index contributed by atoms with van der Waals surface area (Å²) < 4.78 is 11.7. The number of rotatable bonds is 3. The van der Waals surface area contributed by atoms with Crippen molar-refractivity contribution in [2.75, 3.05) is 26.3 Å². The normalized spacial score (nSPS) is 27.6. The molecular formula is C8H16FN. The van der Waals surface area contributed by atoms with E-state index in [1.165, 1.54) is 19.5 Å². The monoisotopic (exact) mass is 145 g/mol. The summed E-state index contributed by atoms with van der Waals surface area (Å²) in [4.78, 5) is 2.35. The van der Waals surface area contributed by atoms with Gasteiger partial charge < -0.3 is 4.90 Å². The van der Waals surface area contributed by atoms with Gasteiger partial charge in [0.2, 0.25) is 0 Å². The lowest BCUT2D eigenvalue weighted by molar-refractivity contribution is 0.304. The largest absolute Gasteiger partial charge is 0.303 e. The lowest BCUT2D eigenvalue weighted by Gasteiger charge is -2.12. The van der Waals surface area contributed by atoms with E-state index in [2.05, 4.69) is 11.8 Å². The van der Waals surface area contributed by atoms with Crippen molar-refractivity contribution >= 4 is 0 Å². The highest BCUT2D eigenvalue weighted by molar-refractivity contribution is 4.71. The van der Waals surface area contributed by atoms with Crippen LogP contribution >= 0.6 is 0 Å². The van der Waals surface area contributed by atoms with Gasteiger partial charge in [-0.15, -0.1) is 0 Å². The van der Waals surface area contributed by atoms with Crippen LogP contribution in [0.15, 0.2) is 0 Å². The number of hydrogen-bond donors (Lipinski definition) is 0. The van der Waals surface area contributed by atoms with Crippen LogP contribution in [0.4, 0.5) is 4.39 Å². The molecule has 1 atom stereocenters. The fraction of sp³-hybridized carbons (Fsp3) is 1.00. The van der Waals surface area contributed by atoms with Crippen LogP contribution in [0.3, 0.4) is 0 Å². The van der Waals surface area contributed by atoms with Crippen LogP contribution in [0.25, 0.3) is 0 Å². The third-order valence-electron chi connectivity index (χ3n) is 2.12. The second-order valence-corrected chi connectivity index (χ2v) is 3.24. The van der Waals surface area contributed by atoms with Gasteiger partial charge in [0, 0.05) is 13.1 Å². The molecule has 1 nitrogen and oxygen atoms in total. The highest BCUT2D eigenvalue weighted by Crippen LogP contribution is 2.14. The van der Waals surface area contributed by atoms with Gasteiger partial charge in [0.25, 0.3) is 0 Å². The summed E-state index contributed by atoms with van der Waals surface area (Å²) in [5.41, 5.74) is 0. The smallest absolute Gasteiger partial charge is 0.0906 e. The minimum atomic E-state index is -0.162. The molecule has 0 saturated carbocycles. The Balaban J connectivity index is 2.06. The number of likely N-dealkylation sites (tertiary alicyclic amines) is 1. The SMILES string of the molecule is C[C@H]1CCN(CCCF)C1. The van der Waals surface area contributed by atoms with Crippen LogP contribution in [0.1, 0.15) is 19.8 Å². The van der Waals surface area contributed by atoms with Crippen LogP contribution < -0.4 is 0 Å². The Hall–Kier alpha value is -0.110. The van der Waals surface area contributed by atoms with Gasteiger partial charge in [-0.2, -0.15) is 0 Å². The quantitative estimate of drug-likeness (QED) is 0.584. The number of hydrogen-bond acceptors (Lipinski definition) is 1. The van der Waals surface area contributed by atoms with E-state index in [9.17, 15) is 4.39 Å². The van der Waals surface area contributed by atoms with E-state index in [-0.39, 0.29) is 6.67 Å². The van der Waals surface area contributed by atoms with Crippen molar-refractivity contribution < 1.29 is 4.39 Å². The molecule has 1 saturated heterocycles. The maximum atomic E-state index is 11.7. The van der Waals surface area contributed by atoms with Crippen molar-refractivity contribution in [1.82, 2.24) is 4.90 Å². The summed E-state index contributed by atoms with van der Waals surface area (Å²) in [6.45, 7) is 5.42. The van der Waals surface area contributed by atoms with Gasteiger partial charge in [-0.25, -0.2) is 0 Å². The third-order valence-corrected chi connectivity index (χ3v) is 2.12. The van der Waals surface area contributed by atoms with Crippen LogP contribution in [-0.4, -0.2) is 31.2 Å². The van der Waals surface area contributed by atoms with E-state index < -0.39 is 0 Å².